The molecule has 0 amide bonds. The second-order valence-corrected chi connectivity index (χ2v) is 6.30. The first-order valence-corrected chi connectivity index (χ1v) is 8.01. The molecule has 0 saturated heterocycles. The fourth-order valence-corrected chi connectivity index (χ4v) is 2.85. The van der Waals surface area contributed by atoms with Crippen LogP contribution in [-0.4, -0.2) is 13.8 Å². The highest BCUT2D eigenvalue weighted by molar-refractivity contribution is 7.60. The van der Waals surface area contributed by atoms with Crippen LogP contribution in [0.15, 0.2) is 48.5 Å². The summed E-state index contributed by atoms with van der Waals surface area (Å²) in [4.78, 5) is 0. The van der Waals surface area contributed by atoms with Crippen molar-refractivity contribution in [1.29, 1.82) is 0 Å². The molecule has 106 valence electrons. The Hall–Kier alpha value is -2.00. The number of halogens is 1. The largest absolute Gasteiger partial charge is 0.493 e. The minimum atomic E-state index is -3.14. The Morgan fingerprint density at radius 3 is 2.25 bits per heavy atom. The predicted molar refractivity (Wildman–Crippen MR) is 77.2 cm³/mol. The second kappa shape index (κ2) is 5.97. The monoisotopic (exact) mass is 295 g/mol. The number of nitrogens with one attached hydrogen (secondary N) is 1. The lowest BCUT2D eigenvalue weighted by molar-refractivity contribution is 0.391. The van der Waals surface area contributed by atoms with Crippen molar-refractivity contribution in [1.82, 2.24) is 0 Å². The number of rotatable bonds is 5. The lowest BCUT2D eigenvalue weighted by Gasteiger charge is -2.18. The van der Waals surface area contributed by atoms with Gasteiger partial charge >= 0.3 is 7.52 Å². The quantitative estimate of drug-likeness (QED) is 0.842. The van der Waals surface area contributed by atoms with Gasteiger partial charge in [0.25, 0.3) is 0 Å². The van der Waals surface area contributed by atoms with Gasteiger partial charge in [0.15, 0.2) is 11.5 Å². The van der Waals surface area contributed by atoms with Crippen LogP contribution >= 0.6 is 7.52 Å². The average Bonchev–Trinajstić information content (AvgIpc) is 2.41. The lowest BCUT2D eigenvalue weighted by atomic mass is 10.3. The van der Waals surface area contributed by atoms with Crippen LogP contribution in [0.5, 0.6) is 11.5 Å². The van der Waals surface area contributed by atoms with Crippen LogP contribution in [0.1, 0.15) is 0 Å². The van der Waals surface area contributed by atoms with Crippen molar-refractivity contribution in [2.45, 2.75) is 0 Å². The predicted octanol–water partition coefficient (Wildman–Crippen LogP) is 4.15. The van der Waals surface area contributed by atoms with Gasteiger partial charge in [-0.15, -0.1) is 0 Å². The van der Waals surface area contributed by atoms with Crippen LogP contribution in [0.3, 0.4) is 0 Å². The van der Waals surface area contributed by atoms with E-state index in [2.05, 4.69) is 5.09 Å². The number of hydrogen-bond acceptors (Lipinski definition) is 3. The third kappa shape index (κ3) is 3.75. The first-order chi connectivity index (χ1) is 9.50. The molecular weight excluding hydrogens is 280 g/mol. The van der Waals surface area contributed by atoms with Crippen molar-refractivity contribution in [2.75, 3.05) is 18.9 Å². The number of hydrogen-bond donors (Lipinski definition) is 1. The Morgan fingerprint density at radius 2 is 1.65 bits per heavy atom. The van der Waals surface area contributed by atoms with Gasteiger partial charge in [0.1, 0.15) is 5.82 Å². The van der Waals surface area contributed by atoms with Gasteiger partial charge in [-0.1, -0.05) is 12.1 Å². The SMILES string of the molecule is COc1ccccc1O[P@@](C)(=O)Nc1ccc(F)cc1. The van der Waals surface area contributed by atoms with Crippen molar-refractivity contribution in [3.05, 3.63) is 54.3 Å². The Balaban J connectivity index is 2.14. The summed E-state index contributed by atoms with van der Waals surface area (Å²) in [5.41, 5.74) is 0.520. The van der Waals surface area contributed by atoms with Crippen molar-refractivity contribution in [3.8, 4) is 11.5 Å². The van der Waals surface area contributed by atoms with E-state index in [1.165, 1.54) is 38.0 Å². The first kappa shape index (κ1) is 14.4. The molecule has 0 aliphatic carbocycles. The molecule has 2 aromatic rings. The molecule has 0 aliphatic heterocycles. The molecule has 0 aliphatic rings. The van der Waals surface area contributed by atoms with Gasteiger partial charge in [0.2, 0.25) is 0 Å². The van der Waals surface area contributed by atoms with Crippen LogP contribution in [-0.2, 0) is 4.57 Å². The Morgan fingerprint density at radius 1 is 1.05 bits per heavy atom. The summed E-state index contributed by atoms with van der Waals surface area (Å²) in [6.07, 6.45) is 0. The topological polar surface area (TPSA) is 47.6 Å². The molecule has 0 radical (unpaired) electrons. The van der Waals surface area contributed by atoms with Gasteiger partial charge < -0.3 is 14.3 Å². The van der Waals surface area contributed by atoms with Crippen molar-refractivity contribution >= 4 is 13.2 Å². The van der Waals surface area contributed by atoms with Crippen molar-refractivity contribution in [3.63, 3.8) is 0 Å². The molecular formula is C14H15FNO3P. The van der Waals surface area contributed by atoms with Gasteiger partial charge in [0.05, 0.1) is 7.11 Å². The summed E-state index contributed by atoms with van der Waals surface area (Å²) in [7, 11) is -1.63. The molecule has 0 saturated carbocycles. The standard InChI is InChI=1S/C14H15FNO3P/c1-18-13-5-3-4-6-14(13)19-20(2,17)16-12-9-7-11(15)8-10-12/h3-10H,1-2H3,(H,16,17)/t20-/m1/s1. The highest BCUT2D eigenvalue weighted by Crippen LogP contribution is 2.45. The summed E-state index contributed by atoms with van der Waals surface area (Å²) in [6.45, 7) is 1.45. The Labute approximate surface area is 117 Å². The van der Waals surface area contributed by atoms with Crippen molar-refractivity contribution < 1.29 is 18.2 Å². The Kier molecular flexibility index (Phi) is 4.30. The van der Waals surface area contributed by atoms with Crippen LogP contribution in [0.2, 0.25) is 0 Å². The second-order valence-electron chi connectivity index (χ2n) is 4.21. The maximum atomic E-state index is 12.8. The molecule has 1 atom stereocenters. The number of benzene rings is 2. The highest BCUT2D eigenvalue weighted by Gasteiger charge is 2.19. The smallest absolute Gasteiger partial charge is 0.338 e. The Bertz CT molecular complexity index is 631. The first-order valence-electron chi connectivity index (χ1n) is 5.94. The molecule has 6 heteroatoms. The van der Waals surface area contributed by atoms with E-state index in [1.807, 2.05) is 0 Å². The molecule has 20 heavy (non-hydrogen) atoms. The summed E-state index contributed by atoms with van der Waals surface area (Å²) < 4.78 is 35.9. The molecule has 0 unspecified atom stereocenters. The van der Waals surface area contributed by atoms with E-state index in [0.29, 0.717) is 17.2 Å². The highest BCUT2D eigenvalue weighted by atomic mass is 31.2. The molecule has 2 aromatic carbocycles. The van der Waals surface area contributed by atoms with Crippen LogP contribution < -0.4 is 14.3 Å². The number of methoxy groups -OCH3 is 1. The summed E-state index contributed by atoms with van der Waals surface area (Å²) in [5.74, 6) is 0.526. The molecule has 0 bridgehead atoms. The normalized spacial score (nSPS) is 13.3. The van der Waals surface area contributed by atoms with Crippen LogP contribution in [0, 0.1) is 5.82 Å². The van der Waals surface area contributed by atoms with Gasteiger partial charge in [-0.3, -0.25) is 4.57 Å². The molecule has 0 fully saturated rings. The summed E-state index contributed by atoms with van der Waals surface area (Å²) >= 11 is 0. The van der Waals surface area contributed by atoms with E-state index in [4.69, 9.17) is 9.26 Å². The maximum absolute atomic E-state index is 12.8. The molecule has 1 N–H and O–H groups in total. The molecule has 0 spiro atoms. The summed E-state index contributed by atoms with van der Waals surface area (Å²) in [6, 6.07) is 12.5. The van der Waals surface area contributed by atoms with E-state index in [9.17, 15) is 8.96 Å². The third-order valence-electron chi connectivity index (χ3n) is 2.52. The van der Waals surface area contributed by atoms with E-state index < -0.39 is 7.52 Å². The zero-order valence-corrected chi connectivity index (χ0v) is 12.1. The average molecular weight is 295 g/mol. The number of anilines is 1. The molecule has 2 rings (SSSR count). The number of para-hydroxylation sites is 2. The minimum absolute atomic E-state index is 0.355. The van der Waals surface area contributed by atoms with E-state index in [1.54, 1.807) is 24.3 Å². The molecule has 0 aromatic heterocycles. The van der Waals surface area contributed by atoms with E-state index in [0.717, 1.165) is 0 Å². The number of ether oxygens (including phenoxy) is 1. The van der Waals surface area contributed by atoms with Gasteiger partial charge in [0, 0.05) is 12.4 Å². The zero-order chi connectivity index (χ0) is 14.6. The minimum Gasteiger partial charge on any atom is -0.493 e. The molecule has 0 heterocycles. The van der Waals surface area contributed by atoms with Gasteiger partial charge in [-0.2, -0.15) is 0 Å². The fraction of sp³-hybridized carbons (Fsp3) is 0.143. The fourth-order valence-electron chi connectivity index (χ4n) is 1.66. The van der Waals surface area contributed by atoms with Crippen molar-refractivity contribution in [2.24, 2.45) is 0 Å². The molecule has 4 nitrogen and oxygen atoms in total. The third-order valence-corrected chi connectivity index (χ3v) is 3.73. The van der Waals surface area contributed by atoms with E-state index in [-0.39, 0.29) is 5.82 Å². The van der Waals surface area contributed by atoms with E-state index >= 15 is 0 Å². The van der Waals surface area contributed by atoms with Crippen LogP contribution in [0.25, 0.3) is 0 Å². The maximum Gasteiger partial charge on any atom is 0.338 e. The van der Waals surface area contributed by atoms with Gasteiger partial charge in [-0.25, -0.2) is 4.39 Å². The van der Waals surface area contributed by atoms with Gasteiger partial charge in [-0.05, 0) is 36.4 Å². The zero-order valence-electron chi connectivity index (χ0n) is 11.2. The summed E-state index contributed by atoms with van der Waals surface area (Å²) in [5, 5.41) is 2.76. The lowest BCUT2D eigenvalue weighted by Crippen LogP contribution is -2.03. The van der Waals surface area contributed by atoms with Crippen LogP contribution in [0.4, 0.5) is 10.1 Å².